The Bertz CT molecular complexity index is 392. The van der Waals surface area contributed by atoms with Crippen molar-refractivity contribution in [2.24, 2.45) is 0 Å². The summed E-state index contributed by atoms with van der Waals surface area (Å²) in [5, 5.41) is 5.12. The first kappa shape index (κ1) is 12.3. The van der Waals surface area contributed by atoms with Gasteiger partial charge in [-0.1, -0.05) is 30.9 Å². The van der Waals surface area contributed by atoms with Crippen molar-refractivity contribution in [3.63, 3.8) is 0 Å². The summed E-state index contributed by atoms with van der Waals surface area (Å²) in [7, 11) is 0. The highest BCUT2D eigenvalue weighted by Gasteiger charge is 2.23. The molecule has 3 nitrogen and oxygen atoms in total. The van der Waals surface area contributed by atoms with Crippen LogP contribution in [0.25, 0.3) is 0 Å². The van der Waals surface area contributed by atoms with E-state index in [2.05, 4.69) is 5.10 Å². The molecule has 3 rings (SSSR count). The second-order valence-electron chi connectivity index (χ2n) is 5.56. The zero-order valence-electron chi connectivity index (χ0n) is 10.8. The molecule has 0 atom stereocenters. The molecule has 0 aromatic carbocycles. The summed E-state index contributed by atoms with van der Waals surface area (Å²) in [5.41, 5.74) is 0. The Kier molecular flexibility index (Phi) is 3.78. The molecule has 4 heteroatoms. The number of halogens is 1. The number of ether oxygens (including phenoxy) is 1. The molecule has 0 saturated heterocycles. The molecule has 0 amide bonds. The van der Waals surface area contributed by atoms with Crippen molar-refractivity contribution in [1.29, 1.82) is 0 Å². The van der Waals surface area contributed by atoms with Gasteiger partial charge in [0.05, 0.1) is 18.3 Å². The fraction of sp³-hybridized carbons (Fsp3) is 0.786. The van der Waals surface area contributed by atoms with Crippen LogP contribution in [0.3, 0.4) is 0 Å². The van der Waals surface area contributed by atoms with Crippen LogP contribution in [0.2, 0.25) is 5.15 Å². The van der Waals surface area contributed by atoms with E-state index >= 15 is 0 Å². The highest BCUT2D eigenvalue weighted by molar-refractivity contribution is 6.31. The lowest BCUT2D eigenvalue weighted by atomic mass is 9.98. The van der Waals surface area contributed by atoms with Crippen molar-refractivity contribution in [3.05, 3.63) is 11.3 Å². The molecule has 1 heterocycles. The van der Waals surface area contributed by atoms with Crippen molar-refractivity contribution in [1.82, 2.24) is 9.78 Å². The molecular weight excluding hydrogens is 248 g/mol. The van der Waals surface area contributed by atoms with E-state index < -0.39 is 0 Å². The van der Waals surface area contributed by atoms with Crippen LogP contribution in [0.5, 0.6) is 5.75 Å². The van der Waals surface area contributed by atoms with Crippen molar-refractivity contribution in [2.45, 2.75) is 69.9 Å². The van der Waals surface area contributed by atoms with Gasteiger partial charge in [0, 0.05) is 0 Å². The smallest absolute Gasteiger partial charge is 0.176 e. The van der Waals surface area contributed by atoms with Crippen LogP contribution in [-0.4, -0.2) is 15.9 Å². The molecule has 100 valence electrons. The van der Waals surface area contributed by atoms with Crippen LogP contribution in [0, 0.1) is 0 Å². The highest BCUT2D eigenvalue weighted by atomic mass is 35.5. The van der Waals surface area contributed by atoms with Gasteiger partial charge in [-0.15, -0.1) is 0 Å². The van der Waals surface area contributed by atoms with Gasteiger partial charge in [-0.3, -0.25) is 0 Å². The maximum absolute atomic E-state index is 6.40. The summed E-state index contributed by atoms with van der Waals surface area (Å²) >= 11 is 6.40. The van der Waals surface area contributed by atoms with Gasteiger partial charge in [0.2, 0.25) is 0 Å². The van der Waals surface area contributed by atoms with E-state index in [-0.39, 0.29) is 0 Å². The average Bonchev–Trinajstić information content (AvgIpc) is 3.02. The van der Waals surface area contributed by atoms with Crippen molar-refractivity contribution in [3.8, 4) is 5.75 Å². The van der Waals surface area contributed by atoms with Crippen LogP contribution >= 0.6 is 11.6 Å². The van der Waals surface area contributed by atoms with Crippen LogP contribution in [0.4, 0.5) is 0 Å². The maximum Gasteiger partial charge on any atom is 0.176 e. The standard InChI is InChI=1S/C14H21ClN2O/c15-14-13(18-12-8-2-1-3-9-12)10-16-17(14)11-6-4-5-7-11/h10-12H,1-9H2. The van der Waals surface area contributed by atoms with Crippen molar-refractivity contribution in [2.75, 3.05) is 0 Å². The van der Waals surface area contributed by atoms with E-state index in [9.17, 15) is 0 Å². The summed E-state index contributed by atoms with van der Waals surface area (Å²) in [5.74, 6) is 0.787. The summed E-state index contributed by atoms with van der Waals surface area (Å²) in [6.07, 6.45) is 13.3. The normalized spacial score (nSPS) is 22.5. The monoisotopic (exact) mass is 268 g/mol. The lowest BCUT2D eigenvalue weighted by Crippen LogP contribution is -2.19. The lowest BCUT2D eigenvalue weighted by Gasteiger charge is -2.22. The second-order valence-corrected chi connectivity index (χ2v) is 5.92. The molecule has 0 radical (unpaired) electrons. The Morgan fingerprint density at radius 3 is 2.44 bits per heavy atom. The molecule has 1 aromatic rings. The lowest BCUT2D eigenvalue weighted by molar-refractivity contribution is 0.155. The Labute approximate surface area is 113 Å². The molecule has 2 saturated carbocycles. The van der Waals surface area contributed by atoms with Crippen molar-refractivity contribution >= 4 is 11.6 Å². The number of nitrogens with zero attached hydrogens (tertiary/aromatic N) is 2. The third-order valence-electron chi connectivity index (χ3n) is 4.22. The quantitative estimate of drug-likeness (QED) is 0.814. The predicted octanol–water partition coefficient (Wildman–Crippen LogP) is 4.36. The summed E-state index contributed by atoms with van der Waals surface area (Å²) in [4.78, 5) is 0. The number of hydrogen-bond acceptors (Lipinski definition) is 2. The zero-order valence-corrected chi connectivity index (χ0v) is 11.5. The SMILES string of the molecule is Clc1c(OC2CCCCC2)cnn1C1CCCC1. The molecule has 1 aromatic heterocycles. The van der Waals surface area contributed by atoms with Gasteiger partial charge in [0.15, 0.2) is 10.9 Å². The van der Waals surface area contributed by atoms with Gasteiger partial charge in [-0.2, -0.15) is 5.10 Å². The van der Waals surface area contributed by atoms with E-state index in [1.807, 2.05) is 4.68 Å². The number of rotatable bonds is 3. The molecule has 18 heavy (non-hydrogen) atoms. The summed E-state index contributed by atoms with van der Waals surface area (Å²) < 4.78 is 7.98. The molecule has 0 N–H and O–H groups in total. The highest BCUT2D eigenvalue weighted by Crippen LogP contribution is 2.36. The average molecular weight is 269 g/mol. The third-order valence-corrected chi connectivity index (χ3v) is 4.58. The zero-order chi connectivity index (χ0) is 12.4. The molecular formula is C14H21ClN2O. The molecule has 2 fully saturated rings. The Hall–Kier alpha value is -0.700. The minimum absolute atomic E-state index is 0.345. The second kappa shape index (κ2) is 5.52. The Morgan fingerprint density at radius 2 is 1.72 bits per heavy atom. The maximum atomic E-state index is 6.40. The van der Waals surface area contributed by atoms with E-state index in [1.165, 1.54) is 44.9 Å². The first-order valence-corrected chi connectivity index (χ1v) is 7.62. The fourth-order valence-electron chi connectivity index (χ4n) is 3.18. The number of aromatic nitrogens is 2. The predicted molar refractivity (Wildman–Crippen MR) is 72.2 cm³/mol. The Morgan fingerprint density at radius 1 is 1.06 bits per heavy atom. The minimum Gasteiger partial charge on any atom is -0.486 e. The van der Waals surface area contributed by atoms with Gasteiger partial charge < -0.3 is 4.74 Å². The van der Waals surface area contributed by atoms with Gasteiger partial charge >= 0.3 is 0 Å². The Balaban J connectivity index is 1.68. The van der Waals surface area contributed by atoms with E-state index in [0.29, 0.717) is 17.3 Å². The number of hydrogen-bond donors (Lipinski definition) is 0. The summed E-state index contributed by atoms with van der Waals surface area (Å²) in [6.45, 7) is 0. The van der Waals surface area contributed by atoms with Gasteiger partial charge in [0.25, 0.3) is 0 Å². The van der Waals surface area contributed by atoms with Gasteiger partial charge in [0.1, 0.15) is 0 Å². The molecule has 0 bridgehead atoms. The van der Waals surface area contributed by atoms with Crippen LogP contribution in [0.1, 0.15) is 63.8 Å². The summed E-state index contributed by atoms with van der Waals surface area (Å²) in [6, 6.07) is 0.487. The molecule has 0 spiro atoms. The van der Waals surface area contributed by atoms with Crippen LogP contribution in [0.15, 0.2) is 6.20 Å². The first-order valence-electron chi connectivity index (χ1n) is 7.24. The molecule has 0 unspecified atom stereocenters. The minimum atomic E-state index is 0.345. The van der Waals surface area contributed by atoms with Gasteiger partial charge in [-0.25, -0.2) is 4.68 Å². The van der Waals surface area contributed by atoms with E-state index in [4.69, 9.17) is 16.3 Å². The van der Waals surface area contributed by atoms with Crippen LogP contribution < -0.4 is 4.74 Å². The van der Waals surface area contributed by atoms with Crippen LogP contribution in [-0.2, 0) is 0 Å². The third kappa shape index (κ3) is 2.51. The topological polar surface area (TPSA) is 27.1 Å². The molecule has 2 aliphatic rings. The van der Waals surface area contributed by atoms with Crippen molar-refractivity contribution < 1.29 is 4.74 Å². The molecule has 0 aliphatic heterocycles. The first-order chi connectivity index (χ1) is 8.84. The molecule has 2 aliphatic carbocycles. The largest absolute Gasteiger partial charge is 0.486 e. The van der Waals surface area contributed by atoms with Gasteiger partial charge in [-0.05, 0) is 38.5 Å². The van der Waals surface area contributed by atoms with E-state index in [0.717, 1.165) is 18.6 Å². The fourth-order valence-corrected chi connectivity index (χ4v) is 3.45. The van der Waals surface area contributed by atoms with E-state index in [1.54, 1.807) is 6.20 Å².